The molecule has 0 aromatic carbocycles. The number of nitrogens with zero attached hydrogens (tertiary/aromatic N) is 1. The van der Waals surface area contributed by atoms with Gasteiger partial charge in [0.25, 0.3) is 0 Å². The molecule has 0 aromatic heterocycles. The third kappa shape index (κ3) is 3.03. The third-order valence-electron chi connectivity index (χ3n) is 4.27. The fraction of sp³-hybridized carbons (Fsp3) is 0.500. The summed E-state index contributed by atoms with van der Waals surface area (Å²) < 4.78 is 5.00. The van der Waals surface area contributed by atoms with Crippen LogP contribution in [0.2, 0.25) is 0 Å². The van der Waals surface area contributed by atoms with Gasteiger partial charge in [0.1, 0.15) is 6.04 Å². The minimum atomic E-state index is -0.472. The van der Waals surface area contributed by atoms with E-state index in [2.05, 4.69) is 4.90 Å². The van der Waals surface area contributed by atoms with Crippen LogP contribution in [-0.2, 0) is 14.3 Å². The van der Waals surface area contributed by atoms with Crippen molar-refractivity contribution in [1.82, 2.24) is 4.90 Å². The van der Waals surface area contributed by atoms with Crippen molar-refractivity contribution in [3.8, 4) is 0 Å². The maximum Gasteiger partial charge on any atom is 0.327 e. The van der Waals surface area contributed by atoms with Crippen LogP contribution in [0, 0.1) is 0 Å². The Balaban J connectivity index is 1.85. The minimum absolute atomic E-state index is 0.117. The van der Waals surface area contributed by atoms with Crippen LogP contribution in [0.1, 0.15) is 12.8 Å². The summed E-state index contributed by atoms with van der Waals surface area (Å²) >= 11 is 7.79. The molecule has 1 aliphatic carbocycles. The van der Waals surface area contributed by atoms with Gasteiger partial charge in [-0.05, 0) is 30.1 Å². The van der Waals surface area contributed by atoms with Crippen LogP contribution in [0.5, 0.6) is 0 Å². The SMILES string of the molecule is COC(=O)C(C1=CC=CCC1Cl)N1CCC2SC(=O)C=C2C1. The lowest BCUT2D eigenvalue weighted by molar-refractivity contribution is -0.145. The van der Waals surface area contributed by atoms with E-state index in [1.807, 2.05) is 18.2 Å². The van der Waals surface area contributed by atoms with E-state index in [-0.39, 0.29) is 21.7 Å². The van der Waals surface area contributed by atoms with E-state index >= 15 is 0 Å². The van der Waals surface area contributed by atoms with Gasteiger partial charge < -0.3 is 4.74 Å². The number of hydrogen-bond donors (Lipinski definition) is 0. The van der Waals surface area contributed by atoms with Gasteiger partial charge in [-0.2, -0.15) is 0 Å². The number of carbonyl (C=O) groups is 2. The molecule has 6 heteroatoms. The number of piperidine rings is 1. The molecule has 1 saturated heterocycles. The van der Waals surface area contributed by atoms with Gasteiger partial charge in [-0.15, -0.1) is 11.6 Å². The summed E-state index contributed by atoms with van der Waals surface area (Å²) in [4.78, 5) is 26.0. The molecule has 1 fully saturated rings. The molecule has 0 spiro atoms. The third-order valence-corrected chi connectivity index (χ3v) is 5.88. The van der Waals surface area contributed by atoms with Crippen LogP contribution in [0.4, 0.5) is 0 Å². The molecule has 0 N–H and O–H groups in total. The molecule has 0 saturated carbocycles. The lowest BCUT2D eigenvalue weighted by Gasteiger charge is -2.38. The second kappa shape index (κ2) is 6.60. The maximum absolute atomic E-state index is 12.3. The summed E-state index contributed by atoms with van der Waals surface area (Å²) in [6.07, 6.45) is 9.14. The number of methoxy groups -OCH3 is 1. The molecule has 0 amide bonds. The van der Waals surface area contributed by atoms with Crippen molar-refractivity contribution in [2.24, 2.45) is 0 Å². The number of likely N-dealkylation sites (tertiary alicyclic amines) is 1. The molecule has 3 unspecified atom stereocenters. The fourth-order valence-electron chi connectivity index (χ4n) is 3.19. The van der Waals surface area contributed by atoms with Gasteiger partial charge in [-0.1, -0.05) is 30.0 Å². The van der Waals surface area contributed by atoms with Gasteiger partial charge in [0.05, 0.1) is 12.5 Å². The Bertz CT molecular complexity index is 584. The predicted octanol–water partition coefficient (Wildman–Crippen LogP) is 2.30. The number of thioether (sulfide) groups is 1. The quantitative estimate of drug-likeness (QED) is 0.583. The van der Waals surface area contributed by atoms with Crippen molar-refractivity contribution in [1.29, 1.82) is 0 Å². The van der Waals surface area contributed by atoms with Gasteiger partial charge in [-0.25, -0.2) is 4.79 Å². The number of ether oxygens (including phenoxy) is 1. The second-order valence-corrected chi connectivity index (χ2v) is 7.36. The van der Waals surface area contributed by atoms with Crippen molar-refractivity contribution >= 4 is 34.4 Å². The molecule has 0 bridgehead atoms. The molecule has 118 valence electrons. The first-order chi connectivity index (χ1) is 10.6. The van der Waals surface area contributed by atoms with E-state index in [4.69, 9.17) is 16.3 Å². The molecule has 0 aromatic rings. The van der Waals surface area contributed by atoms with Gasteiger partial charge >= 0.3 is 5.97 Å². The van der Waals surface area contributed by atoms with E-state index in [0.29, 0.717) is 13.0 Å². The predicted molar refractivity (Wildman–Crippen MR) is 87.9 cm³/mol. The number of alkyl halides is 1. The number of fused-ring (bicyclic) bond motifs is 1. The first kappa shape index (κ1) is 15.8. The molecule has 0 radical (unpaired) electrons. The van der Waals surface area contributed by atoms with Crippen molar-refractivity contribution in [2.75, 3.05) is 20.2 Å². The van der Waals surface area contributed by atoms with Crippen molar-refractivity contribution < 1.29 is 14.3 Å². The largest absolute Gasteiger partial charge is 0.468 e. The zero-order chi connectivity index (χ0) is 15.7. The summed E-state index contributed by atoms with van der Waals surface area (Å²) in [5.41, 5.74) is 1.99. The Kier molecular flexibility index (Phi) is 4.76. The Labute approximate surface area is 139 Å². The van der Waals surface area contributed by atoms with E-state index in [9.17, 15) is 9.59 Å². The van der Waals surface area contributed by atoms with Crippen LogP contribution >= 0.6 is 23.4 Å². The number of carbonyl (C=O) groups excluding carboxylic acids is 2. The molecule has 2 aliphatic heterocycles. The zero-order valence-corrected chi connectivity index (χ0v) is 13.9. The number of halogens is 1. The summed E-state index contributed by atoms with van der Waals surface area (Å²) in [7, 11) is 1.40. The van der Waals surface area contributed by atoms with E-state index in [1.165, 1.54) is 18.9 Å². The highest BCUT2D eigenvalue weighted by Crippen LogP contribution is 2.37. The van der Waals surface area contributed by atoms with Crippen LogP contribution in [0.15, 0.2) is 35.5 Å². The van der Waals surface area contributed by atoms with Crippen LogP contribution < -0.4 is 0 Å². The highest BCUT2D eigenvalue weighted by Gasteiger charge is 2.39. The second-order valence-electron chi connectivity index (χ2n) is 5.63. The van der Waals surface area contributed by atoms with Crippen LogP contribution in [0.3, 0.4) is 0 Å². The molecule has 3 aliphatic rings. The molecule has 22 heavy (non-hydrogen) atoms. The average Bonchev–Trinajstić information content (AvgIpc) is 2.88. The summed E-state index contributed by atoms with van der Waals surface area (Å²) in [6.45, 7) is 1.38. The average molecular weight is 340 g/mol. The normalized spacial score (nSPS) is 29.6. The fourth-order valence-corrected chi connectivity index (χ4v) is 4.50. The highest BCUT2D eigenvalue weighted by molar-refractivity contribution is 8.15. The number of rotatable bonds is 3. The highest BCUT2D eigenvalue weighted by atomic mass is 35.5. The topological polar surface area (TPSA) is 46.6 Å². The monoisotopic (exact) mass is 339 g/mol. The van der Waals surface area contributed by atoms with Crippen molar-refractivity contribution in [3.05, 3.63) is 35.5 Å². The van der Waals surface area contributed by atoms with Gasteiger partial charge in [-0.3, -0.25) is 9.69 Å². The summed E-state index contributed by atoms with van der Waals surface area (Å²) in [5.74, 6) is -0.289. The lowest BCUT2D eigenvalue weighted by atomic mass is 9.93. The van der Waals surface area contributed by atoms with Gasteiger partial charge in [0.2, 0.25) is 5.12 Å². The Morgan fingerprint density at radius 3 is 3.09 bits per heavy atom. The lowest BCUT2D eigenvalue weighted by Crippen LogP contribution is -2.49. The van der Waals surface area contributed by atoms with Crippen molar-refractivity contribution in [2.45, 2.75) is 29.5 Å². The number of hydrogen-bond acceptors (Lipinski definition) is 5. The minimum Gasteiger partial charge on any atom is -0.468 e. The smallest absolute Gasteiger partial charge is 0.327 e. The summed E-state index contributed by atoms with van der Waals surface area (Å²) in [5, 5.41) is 0.195. The van der Waals surface area contributed by atoms with E-state index in [1.54, 1.807) is 6.08 Å². The molecule has 4 nitrogen and oxygen atoms in total. The Hall–Kier alpha value is -1.04. The van der Waals surface area contributed by atoms with Crippen LogP contribution in [-0.4, -0.2) is 52.9 Å². The zero-order valence-electron chi connectivity index (χ0n) is 12.3. The first-order valence-electron chi connectivity index (χ1n) is 7.34. The van der Waals surface area contributed by atoms with Gasteiger partial charge in [0.15, 0.2) is 0 Å². The Morgan fingerprint density at radius 2 is 2.36 bits per heavy atom. The van der Waals surface area contributed by atoms with Crippen LogP contribution in [0.25, 0.3) is 0 Å². The molecule has 2 heterocycles. The molecular formula is C16H18ClNO3S. The van der Waals surface area contributed by atoms with Crippen molar-refractivity contribution in [3.63, 3.8) is 0 Å². The molecule has 3 atom stereocenters. The van der Waals surface area contributed by atoms with E-state index < -0.39 is 6.04 Å². The maximum atomic E-state index is 12.3. The number of esters is 1. The summed E-state index contributed by atoms with van der Waals surface area (Å²) in [6, 6.07) is -0.472. The molecular weight excluding hydrogens is 322 g/mol. The molecule has 3 rings (SSSR count). The van der Waals surface area contributed by atoms with E-state index in [0.717, 1.165) is 24.1 Å². The first-order valence-corrected chi connectivity index (χ1v) is 8.65. The standard InChI is InChI=1S/C16H18ClNO3S/c1-21-16(20)15(11-4-2-3-5-12(11)17)18-7-6-13-10(9-18)8-14(19)22-13/h2-4,8,12-13,15H,5-7,9H2,1H3. The van der Waals surface area contributed by atoms with Gasteiger partial charge in [0, 0.05) is 18.3 Å². The Morgan fingerprint density at radius 1 is 1.55 bits per heavy atom. The number of allylic oxidation sites excluding steroid dienone is 3.